The Bertz CT molecular complexity index is 273. The van der Waals surface area contributed by atoms with Gasteiger partial charge in [-0.3, -0.25) is 0 Å². The van der Waals surface area contributed by atoms with Crippen LogP contribution < -0.4 is 5.19 Å². The van der Waals surface area contributed by atoms with Crippen LogP contribution in [0.4, 0.5) is 0 Å². The van der Waals surface area contributed by atoms with Gasteiger partial charge in [-0.1, -0.05) is 29.8 Å². The van der Waals surface area contributed by atoms with Crippen LogP contribution in [0.1, 0.15) is 6.92 Å². The van der Waals surface area contributed by atoms with Crippen molar-refractivity contribution in [1.82, 2.24) is 0 Å². The van der Waals surface area contributed by atoms with Gasteiger partial charge in [-0.25, -0.2) is 0 Å². The minimum absolute atomic E-state index is 0.336. The molecule has 0 aliphatic carbocycles. The van der Waals surface area contributed by atoms with Crippen molar-refractivity contribution in [3.05, 3.63) is 41.6 Å². The van der Waals surface area contributed by atoms with Gasteiger partial charge in [0.1, 0.15) is 0 Å². The van der Waals surface area contributed by atoms with E-state index in [9.17, 15) is 0 Å². The van der Waals surface area contributed by atoms with Crippen LogP contribution in [0.3, 0.4) is 0 Å². The predicted octanol–water partition coefficient (Wildman–Crippen LogP) is 2.13. The summed E-state index contributed by atoms with van der Waals surface area (Å²) in [4.78, 5) is 0. The van der Waals surface area contributed by atoms with Crippen LogP contribution in [-0.4, -0.2) is 9.76 Å². The first kappa shape index (κ1) is 9.36. The normalized spacial score (nSPS) is 10.5. The molecule has 0 aliphatic heterocycles. The van der Waals surface area contributed by atoms with Crippen LogP contribution in [0.5, 0.6) is 0 Å². The van der Waals surface area contributed by atoms with Crippen LogP contribution >= 0.6 is 11.6 Å². The average molecular weight is 197 g/mol. The fraction of sp³-hybridized carbons (Fsp3) is 0.111. The molecule has 0 saturated heterocycles. The molecule has 0 atom stereocenters. The summed E-state index contributed by atoms with van der Waals surface area (Å²) in [5, 5.41) is 1.87. The Hall–Kier alpha value is -0.733. The van der Waals surface area contributed by atoms with Gasteiger partial charge < -0.3 is 4.43 Å². The highest BCUT2D eigenvalue weighted by Crippen LogP contribution is 2.02. The molecule has 1 aromatic rings. The molecule has 0 amide bonds. The van der Waals surface area contributed by atoms with Crippen molar-refractivity contribution < 1.29 is 4.43 Å². The molecule has 62 valence electrons. The SMILES string of the molecule is CC=CO[Si]c1cccc(Cl)c1. The van der Waals surface area contributed by atoms with Crippen molar-refractivity contribution in [3.8, 4) is 0 Å². The fourth-order valence-electron chi connectivity index (χ4n) is 0.722. The zero-order valence-electron chi connectivity index (χ0n) is 6.75. The van der Waals surface area contributed by atoms with Crippen LogP contribution in [0.25, 0.3) is 0 Å². The molecular formula is C9H9ClOSi. The lowest BCUT2D eigenvalue weighted by molar-refractivity contribution is 0.523. The molecular weight excluding hydrogens is 188 g/mol. The summed E-state index contributed by atoms with van der Waals surface area (Å²) < 4.78 is 5.21. The molecule has 12 heavy (non-hydrogen) atoms. The Morgan fingerprint density at radius 3 is 3.00 bits per heavy atom. The molecule has 0 saturated carbocycles. The number of benzene rings is 1. The van der Waals surface area contributed by atoms with E-state index in [0.717, 1.165) is 10.2 Å². The third-order valence-electron chi connectivity index (χ3n) is 1.21. The molecule has 3 heteroatoms. The van der Waals surface area contributed by atoms with E-state index in [0.29, 0.717) is 9.76 Å². The van der Waals surface area contributed by atoms with Gasteiger partial charge in [0, 0.05) is 5.02 Å². The smallest absolute Gasteiger partial charge is 0.350 e. The van der Waals surface area contributed by atoms with Gasteiger partial charge in [0.15, 0.2) is 0 Å². The highest BCUT2D eigenvalue weighted by molar-refractivity contribution is 6.47. The van der Waals surface area contributed by atoms with E-state index in [-0.39, 0.29) is 0 Å². The minimum atomic E-state index is 0.336. The molecule has 0 aromatic heterocycles. The molecule has 0 unspecified atom stereocenters. The van der Waals surface area contributed by atoms with Crippen molar-refractivity contribution >= 4 is 26.6 Å². The Kier molecular flexibility index (Phi) is 3.91. The first-order chi connectivity index (χ1) is 5.83. The minimum Gasteiger partial charge on any atom is -0.542 e. The molecule has 0 fully saturated rings. The highest BCUT2D eigenvalue weighted by Gasteiger charge is 1.95. The fourth-order valence-corrected chi connectivity index (χ4v) is 1.72. The Labute approximate surface area is 80.0 Å². The van der Waals surface area contributed by atoms with Gasteiger partial charge in [0.05, 0.1) is 6.26 Å². The first-order valence-electron chi connectivity index (χ1n) is 3.61. The van der Waals surface area contributed by atoms with E-state index in [4.69, 9.17) is 16.0 Å². The third-order valence-corrected chi connectivity index (χ3v) is 2.24. The van der Waals surface area contributed by atoms with E-state index in [1.807, 2.05) is 37.3 Å². The maximum Gasteiger partial charge on any atom is 0.350 e. The maximum atomic E-state index is 5.79. The van der Waals surface area contributed by atoms with Crippen molar-refractivity contribution in [2.75, 3.05) is 0 Å². The Balaban J connectivity index is 2.52. The zero-order chi connectivity index (χ0) is 8.81. The molecule has 0 N–H and O–H groups in total. The van der Waals surface area contributed by atoms with Gasteiger partial charge in [0.25, 0.3) is 0 Å². The molecule has 2 radical (unpaired) electrons. The van der Waals surface area contributed by atoms with Crippen LogP contribution in [0.15, 0.2) is 36.6 Å². The maximum absolute atomic E-state index is 5.79. The number of rotatable bonds is 3. The molecule has 1 aromatic carbocycles. The van der Waals surface area contributed by atoms with E-state index in [2.05, 4.69) is 0 Å². The van der Waals surface area contributed by atoms with E-state index >= 15 is 0 Å². The highest BCUT2D eigenvalue weighted by atomic mass is 35.5. The van der Waals surface area contributed by atoms with Crippen LogP contribution in [-0.2, 0) is 4.43 Å². The second-order valence-corrected chi connectivity index (χ2v) is 3.65. The van der Waals surface area contributed by atoms with Crippen molar-refractivity contribution in [1.29, 1.82) is 0 Å². The Morgan fingerprint density at radius 2 is 2.33 bits per heavy atom. The quantitative estimate of drug-likeness (QED) is 0.532. The summed E-state index contributed by atoms with van der Waals surface area (Å²) in [7, 11) is 0.336. The number of halogens is 1. The molecule has 0 spiro atoms. The largest absolute Gasteiger partial charge is 0.542 e. The molecule has 0 aliphatic rings. The summed E-state index contributed by atoms with van der Waals surface area (Å²) in [6.45, 7) is 1.92. The average Bonchev–Trinajstić information content (AvgIpc) is 2.05. The lowest BCUT2D eigenvalue weighted by Gasteiger charge is -1.97. The number of allylic oxidation sites excluding steroid dienone is 1. The van der Waals surface area contributed by atoms with Crippen molar-refractivity contribution in [3.63, 3.8) is 0 Å². The lowest BCUT2D eigenvalue weighted by atomic mass is 10.4. The number of hydrogen-bond acceptors (Lipinski definition) is 1. The van der Waals surface area contributed by atoms with E-state index < -0.39 is 0 Å². The van der Waals surface area contributed by atoms with Crippen molar-refractivity contribution in [2.24, 2.45) is 0 Å². The summed E-state index contributed by atoms with van der Waals surface area (Å²) >= 11 is 5.79. The predicted molar refractivity (Wildman–Crippen MR) is 52.7 cm³/mol. The summed E-state index contributed by atoms with van der Waals surface area (Å²) in [6.07, 6.45) is 3.54. The van der Waals surface area contributed by atoms with Crippen LogP contribution in [0.2, 0.25) is 5.02 Å². The van der Waals surface area contributed by atoms with Gasteiger partial charge in [0.2, 0.25) is 0 Å². The second kappa shape index (κ2) is 5.01. The van der Waals surface area contributed by atoms with E-state index in [1.54, 1.807) is 6.26 Å². The zero-order valence-corrected chi connectivity index (χ0v) is 8.51. The van der Waals surface area contributed by atoms with Gasteiger partial charge in [-0.2, -0.15) is 0 Å². The monoisotopic (exact) mass is 196 g/mol. The lowest BCUT2D eigenvalue weighted by Crippen LogP contribution is -2.14. The van der Waals surface area contributed by atoms with Crippen LogP contribution in [0, 0.1) is 0 Å². The first-order valence-corrected chi connectivity index (χ1v) is 4.90. The third kappa shape index (κ3) is 3.11. The van der Waals surface area contributed by atoms with Crippen molar-refractivity contribution in [2.45, 2.75) is 6.92 Å². The molecule has 1 nitrogen and oxygen atoms in total. The Morgan fingerprint density at radius 1 is 1.50 bits per heavy atom. The second-order valence-electron chi connectivity index (χ2n) is 2.20. The standard InChI is InChI=1S/C9H9ClOSi/c1-2-6-11-12-9-5-3-4-8(10)7-9/h2-7H,1H3. The number of hydrogen-bond donors (Lipinski definition) is 0. The summed E-state index contributed by atoms with van der Waals surface area (Å²) in [5.41, 5.74) is 0. The molecule has 0 heterocycles. The topological polar surface area (TPSA) is 9.23 Å². The van der Waals surface area contributed by atoms with E-state index in [1.165, 1.54) is 0 Å². The summed E-state index contributed by atoms with van der Waals surface area (Å²) in [5.74, 6) is 0. The van der Waals surface area contributed by atoms with Gasteiger partial charge >= 0.3 is 9.76 Å². The summed E-state index contributed by atoms with van der Waals surface area (Å²) in [6, 6.07) is 7.67. The van der Waals surface area contributed by atoms with Gasteiger partial charge in [-0.05, 0) is 24.2 Å². The van der Waals surface area contributed by atoms with Gasteiger partial charge in [-0.15, -0.1) is 0 Å². The molecule has 1 rings (SSSR count). The molecule has 0 bridgehead atoms.